The number of halogens is 2. The summed E-state index contributed by atoms with van der Waals surface area (Å²) < 4.78 is 4.78. The highest BCUT2D eigenvalue weighted by Crippen LogP contribution is 2.35. The van der Waals surface area contributed by atoms with Crippen molar-refractivity contribution in [3.8, 4) is 0 Å². The van der Waals surface area contributed by atoms with Crippen LogP contribution in [0.5, 0.6) is 0 Å². The molecule has 3 heterocycles. The molecule has 0 unspecified atom stereocenters. The van der Waals surface area contributed by atoms with Gasteiger partial charge in [0.25, 0.3) is 0 Å². The molecule has 23 heavy (non-hydrogen) atoms. The molecule has 3 aromatic heterocycles. The molecule has 3 aromatic rings. The lowest BCUT2D eigenvalue weighted by Crippen LogP contribution is -1.99. The number of esters is 1. The molecule has 0 aliphatic rings. The number of fused-ring (bicyclic) bond motifs is 1. The number of methoxy groups -OCH3 is 1. The third kappa shape index (κ3) is 3.12. The number of aryl methyl sites for hydroxylation is 1. The van der Waals surface area contributed by atoms with Crippen molar-refractivity contribution in [2.75, 3.05) is 7.11 Å². The third-order valence-electron chi connectivity index (χ3n) is 3.14. The molecule has 0 aliphatic carbocycles. The first-order valence-electron chi connectivity index (χ1n) is 6.47. The predicted octanol–water partition coefficient (Wildman–Crippen LogP) is 5.24. The smallest absolute Gasteiger partial charge is 0.348 e. The fourth-order valence-electron chi connectivity index (χ4n) is 2.05. The molecule has 0 atom stereocenters. The maximum Gasteiger partial charge on any atom is 0.348 e. The molecular weight excluding hydrogens is 375 g/mol. The van der Waals surface area contributed by atoms with Gasteiger partial charge in [0.1, 0.15) is 14.9 Å². The number of rotatable bonds is 3. The highest BCUT2D eigenvalue weighted by atomic mass is 35.5. The minimum absolute atomic E-state index is 0.270. The van der Waals surface area contributed by atoms with Crippen molar-refractivity contribution in [1.82, 2.24) is 9.97 Å². The molecule has 0 N–H and O–H groups in total. The van der Waals surface area contributed by atoms with E-state index in [1.54, 1.807) is 24.3 Å². The summed E-state index contributed by atoms with van der Waals surface area (Å²) in [6.45, 7) is 1.79. The van der Waals surface area contributed by atoms with Crippen molar-refractivity contribution in [1.29, 1.82) is 0 Å². The van der Waals surface area contributed by atoms with Crippen LogP contribution in [0.3, 0.4) is 0 Å². The molecule has 0 saturated carbocycles. The second-order valence-electron chi connectivity index (χ2n) is 4.57. The monoisotopic (exact) mass is 384 g/mol. The highest BCUT2D eigenvalue weighted by molar-refractivity contribution is 7.20. The number of hydrogen-bond acceptors (Lipinski definition) is 6. The zero-order valence-electron chi connectivity index (χ0n) is 12.1. The number of hydrogen-bond donors (Lipinski definition) is 0. The fourth-order valence-corrected chi connectivity index (χ4v) is 4.44. The Balaban J connectivity index is 2.13. The maximum atomic E-state index is 11.8. The second kappa shape index (κ2) is 6.57. The Morgan fingerprint density at radius 3 is 2.83 bits per heavy atom. The average Bonchev–Trinajstić information content (AvgIpc) is 3.14. The molecule has 0 fully saturated rings. The Bertz CT molecular complexity index is 917. The van der Waals surface area contributed by atoms with Crippen LogP contribution in [0.4, 0.5) is 0 Å². The van der Waals surface area contributed by atoms with Gasteiger partial charge >= 0.3 is 5.97 Å². The van der Waals surface area contributed by atoms with Crippen molar-refractivity contribution in [2.45, 2.75) is 6.92 Å². The average molecular weight is 385 g/mol. The van der Waals surface area contributed by atoms with E-state index < -0.39 is 5.97 Å². The lowest BCUT2D eigenvalue weighted by molar-refractivity contribution is 0.0605. The Kier molecular flexibility index (Phi) is 4.68. The van der Waals surface area contributed by atoms with Crippen LogP contribution in [-0.2, 0) is 4.74 Å². The molecule has 0 aromatic carbocycles. The maximum absolute atomic E-state index is 11.8. The Hall–Kier alpha value is -1.47. The molecule has 0 spiro atoms. The van der Waals surface area contributed by atoms with Crippen molar-refractivity contribution in [3.05, 3.63) is 43.8 Å². The van der Waals surface area contributed by atoms with Gasteiger partial charge in [-0.1, -0.05) is 29.3 Å². The van der Waals surface area contributed by atoms with Crippen LogP contribution in [0.25, 0.3) is 21.3 Å². The van der Waals surface area contributed by atoms with Gasteiger partial charge in [-0.05, 0) is 30.0 Å². The summed E-state index contributed by atoms with van der Waals surface area (Å²) in [5, 5.41) is 3.27. The van der Waals surface area contributed by atoms with Crippen molar-refractivity contribution in [3.63, 3.8) is 0 Å². The van der Waals surface area contributed by atoms with Crippen molar-refractivity contribution in [2.24, 2.45) is 0 Å². The zero-order chi connectivity index (χ0) is 16.6. The Morgan fingerprint density at radius 1 is 1.39 bits per heavy atom. The molecule has 0 saturated heterocycles. The van der Waals surface area contributed by atoms with E-state index in [-0.39, 0.29) is 5.15 Å². The van der Waals surface area contributed by atoms with E-state index in [2.05, 4.69) is 9.97 Å². The van der Waals surface area contributed by atoms with E-state index in [1.807, 2.05) is 17.5 Å². The largest absolute Gasteiger partial charge is 0.465 e. The number of nitrogens with zero attached hydrogens (tertiary/aromatic N) is 2. The summed E-state index contributed by atoms with van der Waals surface area (Å²) in [6, 6.07) is 3.88. The first kappa shape index (κ1) is 16.4. The fraction of sp³-hybridized carbons (Fsp3) is 0.133. The van der Waals surface area contributed by atoms with E-state index in [9.17, 15) is 4.79 Å². The summed E-state index contributed by atoms with van der Waals surface area (Å²) in [4.78, 5) is 22.6. The van der Waals surface area contributed by atoms with Crippen LogP contribution < -0.4 is 0 Å². The van der Waals surface area contributed by atoms with E-state index >= 15 is 0 Å². The number of ether oxygens (including phenoxy) is 1. The molecule has 0 aliphatic heterocycles. The van der Waals surface area contributed by atoms with Gasteiger partial charge in [-0.3, -0.25) is 0 Å². The van der Waals surface area contributed by atoms with Gasteiger partial charge in [0.15, 0.2) is 5.82 Å². The van der Waals surface area contributed by atoms with E-state index in [1.165, 1.54) is 18.4 Å². The van der Waals surface area contributed by atoms with E-state index in [0.29, 0.717) is 31.5 Å². The lowest BCUT2D eigenvalue weighted by Gasteiger charge is -2.01. The van der Waals surface area contributed by atoms with E-state index in [0.717, 1.165) is 4.88 Å². The summed E-state index contributed by atoms with van der Waals surface area (Å²) in [7, 11) is 1.34. The number of thiophene rings is 2. The summed E-state index contributed by atoms with van der Waals surface area (Å²) in [5.74, 6) is -0.0847. The van der Waals surface area contributed by atoms with E-state index in [4.69, 9.17) is 27.9 Å². The van der Waals surface area contributed by atoms with Crippen LogP contribution in [0.15, 0.2) is 17.5 Å². The zero-order valence-corrected chi connectivity index (χ0v) is 15.2. The van der Waals surface area contributed by atoms with Crippen LogP contribution >= 0.6 is 45.9 Å². The lowest BCUT2D eigenvalue weighted by atomic mass is 10.2. The van der Waals surface area contributed by atoms with Crippen LogP contribution in [0.1, 0.15) is 25.9 Å². The van der Waals surface area contributed by atoms with Crippen molar-refractivity contribution >= 4 is 73.2 Å². The molecule has 118 valence electrons. The highest BCUT2D eigenvalue weighted by Gasteiger charge is 2.20. The Morgan fingerprint density at radius 2 is 2.17 bits per heavy atom. The third-order valence-corrected chi connectivity index (χ3v) is 5.68. The molecule has 4 nitrogen and oxygen atoms in total. The van der Waals surface area contributed by atoms with Gasteiger partial charge in [-0.15, -0.1) is 22.7 Å². The van der Waals surface area contributed by atoms with Crippen molar-refractivity contribution < 1.29 is 9.53 Å². The Labute approximate surface area is 150 Å². The van der Waals surface area contributed by atoms with Gasteiger partial charge in [0.2, 0.25) is 0 Å². The van der Waals surface area contributed by atoms with Crippen LogP contribution in [0.2, 0.25) is 5.15 Å². The predicted molar refractivity (Wildman–Crippen MR) is 96.5 cm³/mol. The number of carbonyl (C=O) groups excluding carboxylic acids is 1. The molecule has 3 rings (SSSR count). The topological polar surface area (TPSA) is 52.1 Å². The molecule has 0 radical (unpaired) electrons. The summed E-state index contributed by atoms with van der Waals surface area (Å²) in [5.41, 5.74) is 0.715. The SMILES string of the molecule is COC(=O)c1sc2nc(/C(Cl)=C/c3cccs3)nc(Cl)c2c1C. The van der Waals surface area contributed by atoms with Gasteiger partial charge < -0.3 is 4.74 Å². The molecule has 0 amide bonds. The molecular formula is C15H10Cl2N2O2S2. The normalized spacial score (nSPS) is 11.9. The first-order valence-corrected chi connectivity index (χ1v) is 8.92. The molecule has 8 heteroatoms. The minimum Gasteiger partial charge on any atom is -0.465 e. The molecule has 0 bridgehead atoms. The first-order chi connectivity index (χ1) is 11.0. The van der Waals surface area contributed by atoms with Gasteiger partial charge in [0, 0.05) is 4.88 Å². The summed E-state index contributed by atoms with van der Waals surface area (Å²) in [6.07, 6.45) is 1.78. The van der Waals surface area contributed by atoms with Crippen LogP contribution in [-0.4, -0.2) is 23.0 Å². The van der Waals surface area contributed by atoms with Gasteiger partial charge in [-0.2, -0.15) is 0 Å². The summed E-state index contributed by atoms with van der Waals surface area (Å²) >= 11 is 15.4. The van der Waals surface area contributed by atoms with Gasteiger partial charge in [0.05, 0.1) is 17.5 Å². The number of carbonyl (C=O) groups is 1. The minimum atomic E-state index is -0.414. The standard InChI is InChI=1S/C15H10Cl2N2O2S2/c1-7-10-12(17)18-13(9(16)6-8-4-3-5-22-8)19-14(10)23-11(7)15(20)21-2/h3-6H,1-2H3/b9-6-. The second-order valence-corrected chi connectivity index (χ2v) is 7.32. The quantitative estimate of drug-likeness (QED) is 0.457. The van der Waals surface area contributed by atoms with Crippen LogP contribution in [0, 0.1) is 6.92 Å². The number of aromatic nitrogens is 2. The van der Waals surface area contributed by atoms with Gasteiger partial charge in [-0.25, -0.2) is 14.8 Å².